The van der Waals surface area contributed by atoms with E-state index in [1.54, 1.807) is 6.20 Å². The second-order valence-corrected chi connectivity index (χ2v) is 8.68. The Balaban J connectivity index is 1.66. The van der Waals surface area contributed by atoms with E-state index in [0.717, 1.165) is 35.3 Å². The number of aromatic amines is 1. The minimum absolute atomic E-state index is 0.0608. The number of aromatic nitrogens is 3. The van der Waals surface area contributed by atoms with E-state index < -0.39 is 17.2 Å². The number of rotatable bonds is 4. The van der Waals surface area contributed by atoms with Crippen molar-refractivity contribution in [2.75, 3.05) is 0 Å². The lowest BCUT2D eigenvalue weighted by Crippen LogP contribution is -2.33. The van der Waals surface area contributed by atoms with Crippen molar-refractivity contribution >= 4 is 17.3 Å². The van der Waals surface area contributed by atoms with Crippen LogP contribution >= 0.6 is 11.3 Å². The summed E-state index contributed by atoms with van der Waals surface area (Å²) in [4.78, 5) is 43.2. The van der Waals surface area contributed by atoms with Crippen LogP contribution in [0.4, 0.5) is 0 Å². The van der Waals surface area contributed by atoms with Gasteiger partial charge in [-0.25, -0.2) is 14.6 Å². The molecule has 0 amide bonds. The summed E-state index contributed by atoms with van der Waals surface area (Å²) in [5, 5.41) is 11.0. The lowest BCUT2D eigenvalue weighted by molar-refractivity contribution is 0.0691. The molecule has 0 saturated carbocycles. The molecule has 2 aromatic heterocycles. The van der Waals surface area contributed by atoms with Crippen molar-refractivity contribution in [2.24, 2.45) is 0 Å². The quantitative estimate of drug-likeness (QED) is 0.502. The molecule has 2 aromatic carbocycles. The van der Waals surface area contributed by atoms with Crippen molar-refractivity contribution in [1.82, 2.24) is 14.5 Å². The van der Waals surface area contributed by atoms with Crippen LogP contribution in [0.15, 0.2) is 69.7 Å². The summed E-state index contributed by atoms with van der Waals surface area (Å²) in [6.07, 6.45) is 3.34. The highest BCUT2D eigenvalue weighted by atomic mass is 32.1. The van der Waals surface area contributed by atoms with E-state index in [1.165, 1.54) is 21.1 Å². The minimum atomic E-state index is -1.12. The molecule has 0 fully saturated rings. The fourth-order valence-corrected chi connectivity index (χ4v) is 5.10. The third-order valence-electron chi connectivity index (χ3n) is 5.82. The van der Waals surface area contributed by atoms with Crippen molar-refractivity contribution < 1.29 is 9.90 Å². The molecule has 0 radical (unpaired) electrons. The number of nitrogens with zero attached hydrogens (tertiary/aromatic N) is 2. The molecule has 1 aliphatic carbocycles. The molecular weight excluding hydrogens is 426 g/mol. The van der Waals surface area contributed by atoms with Crippen molar-refractivity contribution in [3.8, 4) is 0 Å². The summed E-state index contributed by atoms with van der Waals surface area (Å²) in [7, 11) is 0. The third kappa shape index (κ3) is 3.58. The molecule has 1 aliphatic rings. The molecule has 7 nitrogen and oxygen atoms in total. The van der Waals surface area contributed by atoms with Gasteiger partial charge in [0.2, 0.25) is 0 Å². The third-order valence-corrected chi connectivity index (χ3v) is 6.66. The van der Waals surface area contributed by atoms with Gasteiger partial charge in [-0.2, -0.15) is 0 Å². The second kappa shape index (κ2) is 8.05. The van der Waals surface area contributed by atoms with E-state index in [9.17, 15) is 14.4 Å². The molecule has 0 unspecified atom stereocenters. The zero-order valence-corrected chi connectivity index (χ0v) is 17.8. The van der Waals surface area contributed by atoms with Gasteiger partial charge in [0.1, 0.15) is 5.01 Å². The first-order valence-corrected chi connectivity index (χ1v) is 11.1. The number of fused-ring (bicyclic) bond motifs is 2. The molecule has 0 aliphatic heterocycles. The lowest BCUT2D eigenvalue weighted by atomic mass is 9.84. The number of benzene rings is 2. The predicted molar refractivity (Wildman–Crippen MR) is 121 cm³/mol. The number of carbonyl (C=O) groups is 1. The van der Waals surface area contributed by atoms with E-state index in [2.05, 4.69) is 22.1 Å². The number of aromatic carboxylic acids is 1. The molecule has 2 N–H and O–H groups in total. The maximum atomic E-state index is 13.0. The monoisotopic (exact) mass is 445 g/mol. The first-order valence-electron chi connectivity index (χ1n) is 10.2. The zero-order valence-electron chi connectivity index (χ0n) is 16.9. The summed E-state index contributed by atoms with van der Waals surface area (Å²) in [5.41, 5.74) is 3.89. The van der Waals surface area contributed by atoms with Crippen LogP contribution in [-0.2, 0) is 19.4 Å². The molecule has 4 aromatic rings. The molecular formula is C24H19N3O4S. The second-order valence-electron chi connectivity index (χ2n) is 7.73. The fraction of sp³-hybridized carbons (Fsp3) is 0.167. The standard InChI is InChI=1S/C24H19N3O4S/c28-22-18(11-27(24(31)26-22)12-20-25-19(13-32-20)23(29)30)21-16-7-3-1-5-14(16)9-10-15-6-2-4-8-17(15)21/h1-8,11,13,21H,9-10,12H2,(H,29,30)(H,26,28,31). The van der Waals surface area contributed by atoms with Gasteiger partial charge < -0.3 is 5.11 Å². The van der Waals surface area contributed by atoms with Gasteiger partial charge in [0.15, 0.2) is 5.69 Å². The number of thiazole rings is 1. The topological polar surface area (TPSA) is 105 Å². The average Bonchev–Trinajstić information content (AvgIpc) is 3.19. The Morgan fingerprint density at radius 3 is 2.25 bits per heavy atom. The predicted octanol–water partition coefficient (Wildman–Crippen LogP) is 3.02. The maximum Gasteiger partial charge on any atom is 0.355 e. The van der Waals surface area contributed by atoms with Gasteiger partial charge in [-0.05, 0) is 35.1 Å². The van der Waals surface area contributed by atoms with Crippen LogP contribution in [0.5, 0.6) is 0 Å². The van der Waals surface area contributed by atoms with Crippen molar-refractivity contribution in [3.05, 3.63) is 119 Å². The van der Waals surface area contributed by atoms with Crippen molar-refractivity contribution in [3.63, 3.8) is 0 Å². The average molecular weight is 446 g/mol. The Labute approximate surface area is 186 Å². The van der Waals surface area contributed by atoms with E-state index in [-0.39, 0.29) is 18.2 Å². The first kappa shape index (κ1) is 20.1. The van der Waals surface area contributed by atoms with Gasteiger partial charge in [-0.1, -0.05) is 48.5 Å². The highest BCUT2D eigenvalue weighted by Gasteiger charge is 2.27. The number of aryl methyl sites for hydroxylation is 2. The maximum absolute atomic E-state index is 13.0. The minimum Gasteiger partial charge on any atom is -0.476 e. The first-order chi connectivity index (χ1) is 15.5. The number of hydrogen-bond donors (Lipinski definition) is 2. The van der Waals surface area contributed by atoms with Crippen molar-refractivity contribution in [2.45, 2.75) is 25.3 Å². The largest absolute Gasteiger partial charge is 0.476 e. The Bertz CT molecular complexity index is 1400. The number of nitrogens with one attached hydrogen (secondary N) is 1. The highest BCUT2D eigenvalue weighted by molar-refractivity contribution is 7.09. The van der Waals surface area contributed by atoms with Crippen LogP contribution < -0.4 is 11.2 Å². The Kier molecular flexibility index (Phi) is 5.07. The van der Waals surface area contributed by atoms with Gasteiger partial charge in [-0.15, -0.1) is 11.3 Å². The lowest BCUT2D eigenvalue weighted by Gasteiger charge is -2.21. The van der Waals surface area contributed by atoms with Gasteiger partial charge in [0.25, 0.3) is 5.56 Å². The van der Waals surface area contributed by atoms with E-state index >= 15 is 0 Å². The molecule has 0 atom stereocenters. The molecule has 32 heavy (non-hydrogen) atoms. The van der Waals surface area contributed by atoms with Crippen molar-refractivity contribution in [1.29, 1.82) is 0 Å². The number of hydrogen-bond acceptors (Lipinski definition) is 5. The smallest absolute Gasteiger partial charge is 0.355 e. The molecule has 0 spiro atoms. The molecule has 5 rings (SSSR count). The SMILES string of the molecule is O=C(O)c1csc(Cn2cc(C3c4ccccc4CCc4ccccc43)c(=O)[nH]c2=O)n1. The summed E-state index contributed by atoms with van der Waals surface area (Å²) >= 11 is 1.16. The summed E-state index contributed by atoms with van der Waals surface area (Å²) < 4.78 is 1.39. The van der Waals surface area contributed by atoms with Crippen LogP contribution in [0.3, 0.4) is 0 Å². The normalized spacial score (nSPS) is 13.2. The number of H-pyrrole nitrogens is 1. The molecule has 0 saturated heterocycles. The Hall–Kier alpha value is -3.78. The summed E-state index contributed by atoms with van der Waals surface area (Å²) in [5.74, 6) is -1.43. The molecule has 160 valence electrons. The van der Waals surface area contributed by atoms with Crippen LogP contribution in [0.1, 0.15) is 49.2 Å². The molecule has 8 heteroatoms. The highest BCUT2D eigenvalue weighted by Crippen LogP contribution is 2.37. The summed E-state index contributed by atoms with van der Waals surface area (Å²) in [6, 6.07) is 16.2. The van der Waals surface area contributed by atoms with E-state index in [1.807, 2.05) is 36.4 Å². The van der Waals surface area contributed by atoms with Crippen LogP contribution in [0.25, 0.3) is 0 Å². The number of carboxylic acid groups (broad SMARTS) is 1. The number of carboxylic acids is 1. The van der Waals surface area contributed by atoms with Crippen LogP contribution in [0.2, 0.25) is 0 Å². The van der Waals surface area contributed by atoms with Crippen LogP contribution in [0, 0.1) is 0 Å². The molecule has 2 heterocycles. The zero-order chi connectivity index (χ0) is 22.2. The van der Waals surface area contributed by atoms with Gasteiger partial charge >= 0.3 is 11.7 Å². The van der Waals surface area contributed by atoms with Crippen LogP contribution in [-0.4, -0.2) is 25.6 Å². The fourth-order valence-electron chi connectivity index (χ4n) is 4.34. The Morgan fingerprint density at radius 1 is 1.03 bits per heavy atom. The van der Waals surface area contributed by atoms with Gasteiger partial charge in [0, 0.05) is 23.1 Å². The van der Waals surface area contributed by atoms with Gasteiger partial charge in [0.05, 0.1) is 6.54 Å². The van der Waals surface area contributed by atoms with Gasteiger partial charge in [-0.3, -0.25) is 14.3 Å². The summed E-state index contributed by atoms with van der Waals surface area (Å²) in [6.45, 7) is 0.0799. The van der Waals surface area contributed by atoms with E-state index in [0.29, 0.717) is 10.6 Å². The molecule has 0 bridgehead atoms. The van der Waals surface area contributed by atoms with E-state index in [4.69, 9.17) is 5.11 Å². The Morgan fingerprint density at radius 2 is 1.66 bits per heavy atom.